The van der Waals surface area contributed by atoms with Crippen LogP contribution in [0.1, 0.15) is 12.8 Å². The highest BCUT2D eigenvalue weighted by Gasteiger charge is 2.21. The molecule has 1 saturated carbocycles. The predicted octanol–water partition coefficient (Wildman–Crippen LogP) is 1.25. The van der Waals surface area contributed by atoms with Crippen molar-refractivity contribution in [2.75, 3.05) is 11.9 Å². The second-order valence-corrected chi connectivity index (χ2v) is 3.63. The smallest absolute Gasteiger partial charge is 0.285 e. The molecular formula is C8H10ClN3O. The van der Waals surface area contributed by atoms with Crippen molar-refractivity contribution in [3.05, 3.63) is 21.6 Å². The van der Waals surface area contributed by atoms with Crippen molar-refractivity contribution in [3.63, 3.8) is 0 Å². The first kappa shape index (κ1) is 8.56. The molecule has 2 N–H and O–H groups in total. The first-order chi connectivity index (χ1) is 6.27. The van der Waals surface area contributed by atoms with Crippen LogP contribution in [0.4, 0.5) is 5.69 Å². The summed E-state index contributed by atoms with van der Waals surface area (Å²) >= 11 is 5.75. The third kappa shape index (κ3) is 2.01. The Morgan fingerprint density at radius 1 is 1.69 bits per heavy atom. The van der Waals surface area contributed by atoms with Crippen LogP contribution in [-0.2, 0) is 0 Å². The van der Waals surface area contributed by atoms with Crippen molar-refractivity contribution in [2.45, 2.75) is 12.8 Å². The van der Waals surface area contributed by atoms with Crippen LogP contribution in [0.15, 0.2) is 11.0 Å². The van der Waals surface area contributed by atoms with Crippen molar-refractivity contribution in [1.29, 1.82) is 0 Å². The highest BCUT2D eigenvalue weighted by Crippen LogP contribution is 2.29. The lowest BCUT2D eigenvalue weighted by atomic mass is 10.4. The number of aromatic nitrogens is 2. The van der Waals surface area contributed by atoms with E-state index in [1.807, 2.05) is 0 Å². The van der Waals surface area contributed by atoms with Gasteiger partial charge in [-0.3, -0.25) is 4.79 Å². The second kappa shape index (κ2) is 3.38. The summed E-state index contributed by atoms with van der Waals surface area (Å²) in [6.45, 7) is 0.880. The second-order valence-electron chi connectivity index (χ2n) is 3.25. The van der Waals surface area contributed by atoms with E-state index in [9.17, 15) is 4.79 Å². The molecule has 0 aliphatic heterocycles. The van der Waals surface area contributed by atoms with Crippen molar-refractivity contribution < 1.29 is 0 Å². The zero-order chi connectivity index (χ0) is 9.26. The first-order valence-electron chi connectivity index (χ1n) is 4.24. The number of nitrogens with zero attached hydrogens (tertiary/aromatic N) is 1. The molecule has 2 rings (SSSR count). The minimum atomic E-state index is -0.345. The van der Waals surface area contributed by atoms with E-state index < -0.39 is 0 Å². The van der Waals surface area contributed by atoms with E-state index in [2.05, 4.69) is 15.5 Å². The van der Waals surface area contributed by atoms with E-state index in [1.54, 1.807) is 0 Å². The summed E-state index contributed by atoms with van der Waals surface area (Å²) in [6.07, 6.45) is 4.06. The van der Waals surface area contributed by atoms with Gasteiger partial charge in [-0.15, -0.1) is 0 Å². The fourth-order valence-corrected chi connectivity index (χ4v) is 1.24. The van der Waals surface area contributed by atoms with E-state index in [1.165, 1.54) is 19.0 Å². The van der Waals surface area contributed by atoms with Crippen LogP contribution >= 0.6 is 11.6 Å². The van der Waals surface area contributed by atoms with Crippen LogP contribution in [0.25, 0.3) is 0 Å². The third-order valence-corrected chi connectivity index (χ3v) is 2.45. The molecule has 0 atom stereocenters. The number of H-pyrrole nitrogens is 1. The lowest BCUT2D eigenvalue weighted by Gasteiger charge is -2.04. The Kier molecular flexibility index (Phi) is 2.22. The minimum absolute atomic E-state index is 0.190. The molecule has 1 aromatic heterocycles. The maximum atomic E-state index is 11.0. The van der Waals surface area contributed by atoms with Crippen LogP contribution in [-0.4, -0.2) is 16.7 Å². The summed E-state index contributed by atoms with van der Waals surface area (Å²) < 4.78 is 0. The quantitative estimate of drug-likeness (QED) is 0.770. The number of nitrogens with one attached hydrogen (secondary N) is 2. The van der Waals surface area contributed by atoms with Gasteiger partial charge < -0.3 is 5.32 Å². The van der Waals surface area contributed by atoms with Crippen LogP contribution in [0.3, 0.4) is 0 Å². The predicted molar refractivity (Wildman–Crippen MR) is 51.1 cm³/mol. The molecule has 4 nitrogen and oxygen atoms in total. The molecule has 0 aromatic carbocycles. The Morgan fingerprint density at radius 2 is 2.46 bits per heavy atom. The van der Waals surface area contributed by atoms with E-state index in [0.717, 1.165) is 12.5 Å². The molecule has 0 unspecified atom stereocenters. The summed E-state index contributed by atoms with van der Waals surface area (Å²) in [5, 5.41) is 9.22. The van der Waals surface area contributed by atoms with Gasteiger partial charge in [-0.25, -0.2) is 5.10 Å². The highest BCUT2D eigenvalue weighted by molar-refractivity contribution is 6.32. The van der Waals surface area contributed by atoms with E-state index in [0.29, 0.717) is 5.69 Å². The fraction of sp³-hybridized carbons (Fsp3) is 0.500. The molecule has 1 heterocycles. The number of anilines is 1. The Labute approximate surface area is 80.3 Å². The summed E-state index contributed by atoms with van der Waals surface area (Å²) in [6, 6.07) is 0. The lowest BCUT2D eigenvalue weighted by molar-refractivity contribution is 0.882. The number of halogens is 1. The largest absolute Gasteiger partial charge is 0.382 e. The standard InChI is InChI=1S/C8H10ClN3O/c9-7-6(4-11-12-8(7)13)10-3-5-1-2-5/h4-5H,1-3H2,(H2,10,12,13). The molecule has 1 aromatic rings. The Balaban J connectivity index is 2.09. The van der Waals surface area contributed by atoms with Gasteiger partial charge in [-0.05, 0) is 18.8 Å². The summed E-state index contributed by atoms with van der Waals surface area (Å²) in [7, 11) is 0. The number of aromatic amines is 1. The number of rotatable bonds is 3. The van der Waals surface area contributed by atoms with Gasteiger partial charge in [0.2, 0.25) is 0 Å². The zero-order valence-corrected chi connectivity index (χ0v) is 7.77. The molecule has 0 spiro atoms. The monoisotopic (exact) mass is 199 g/mol. The molecule has 5 heteroatoms. The van der Waals surface area contributed by atoms with E-state index in [-0.39, 0.29) is 10.6 Å². The number of hydrogen-bond acceptors (Lipinski definition) is 3. The van der Waals surface area contributed by atoms with Gasteiger partial charge in [-0.1, -0.05) is 11.6 Å². The Bertz CT molecular complexity index is 359. The van der Waals surface area contributed by atoms with Crippen molar-refractivity contribution in [2.24, 2.45) is 5.92 Å². The average Bonchev–Trinajstić information content (AvgIpc) is 2.91. The fourth-order valence-electron chi connectivity index (χ4n) is 1.08. The van der Waals surface area contributed by atoms with Crippen molar-refractivity contribution in [1.82, 2.24) is 10.2 Å². The van der Waals surface area contributed by atoms with Gasteiger partial charge >= 0.3 is 0 Å². The van der Waals surface area contributed by atoms with Gasteiger partial charge in [0.1, 0.15) is 5.02 Å². The molecule has 1 fully saturated rings. The van der Waals surface area contributed by atoms with Crippen LogP contribution in [0, 0.1) is 5.92 Å². The van der Waals surface area contributed by atoms with Gasteiger partial charge in [0.15, 0.2) is 0 Å². The molecular weight excluding hydrogens is 190 g/mol. The van der Waals surface area contributed by atoms with Crippen LogP contribution in [0.2, 0.25) is 5.02 Å². The molecule has 0 radical (unpaired) electrons. The normalized spacial score (nSPS) is 15.8. The summed E-state index contributed by atoms with van der Waals surface area (Å²) in [4.78, 5) is 11.0. The van der Waals surface area contributed by atoms with Crippen molar-refractivity contribution in [3.8, 4) is 0 Å². The average molecular weight is 200 g/mol. The first-order valence-corrected chi connectivity index (χ1v) is 4.62. The molecule has 13 heavy (non-hydrogen) atoms. The molecule has 1 aliphatic rings. The molecule has 70 valence electrons. The summed E-state index contributed by atoms with van der Waals surface area (Å²) in [5.74, 6) is 0.746. The van der Waals surface area contributed by atoms with Crippen molar-refractivity contribution >= 4 is 17.3 Å². The van der Waals surface area contributed by atoms with Gasteiger partial charge in [-0.2, -0.15) is 5.10 Å². The minimum Gasteiger partial charge on any atom is -0.382 e. The topological polar surface area (TPSA) is 57.8 Å². The molecule has 0 bridgehead atoms. The summed E-state index contributed by atoms with van der Waals surface area (Å²) in [5.41, 5.74) is 0.278. The highest BCUT2D eigenvalue weighted by atomic mass is 35.5. The van der Waals surface area contributed by atoms with E-state index >= 15 is 0 Å². The maximum Gasteiger partial charge on any atom is 0.285 e. The Morgan fingerprint density at radius 3 is 3.15 bits per heavy atom. The Hall–Kier alpha value is -1.03. The van der Waals surface area contributed by atoms with Gasteiger partial charge in [0.05, 0.1) is 11.9 Å². The number of hydrogen-bond donors (Lipinski definition) is 2. The molecule has 1 aliphatic carbocycles. The SMILES string of the molecule is O=c1[nH]ncc(NCC2CC2)c1Cl. The van der Waals surface area contributed by atoms with Crippen LogP contribution in [0.5, 0.6) is 0 Å². The van der Waals surface area contributed by atoms with E-state index in [4.69, 9.17) is 11.6 Å². The molecule has 0 saturated heterocycles. The van der Waals surface area contributed by atoms with Crippen LogP contribution < -0.4 is 10.9 Å². The third-order valence-electron chi connectivity index (χ3n) is 2.07. The van der Waals surface area contributed by atoms with Gasteiger partial charge in [0, 0.05) is 6.54 Å². The molecule has 0 amide bonds. The maximum absolute atomic E-state index is 11.0. The lowest BCUT2D eigenvalue weighted by Crippen LogP contribution is -2.13. The zero-order valence-electron chi connectivity index (χ0n) is 7.01. The van der Waals surface area contributed by atoms with Gasteiger partial charge in [0.25, 0.3) is 5.56 Å².